The van der Waals surface area contributed by atoms with Gasteiger partial charge in [0, 0.05) is 28.7 Å². The predicted molar refractivity (Wildman–Crippen MR) is 108 cm³/mol. The van der Waals surface area contributed by atoms with Gasteiger partial charge >= 0.3 is 0 Å². The number of rotatable bonds is 5. The standard InChI is InChI=1S/C22H19ClN2O2/c1-25(14-18-3-2-10-27-18)13-16-11-15(4-7-22(16)26)19-8-9-24-21-12-17(23)5-6-20(19)21/h2-12,26H,13-14H2,1H3. The van der Waals surface area contributed by atoms with Crippen molar-refractivity contribution in [1.29, 1.82) is 0 Å². The van der Waals surface area contributed by atoms with E-state index in [0.29, 0.717) is 18.1 Å². The van der Waals surface area contributed by atoms with E-state index in [0.717, 1.165) is 33.4 Å². The molecule has 1 N–H and O–H groups in total. The number of phenolic OH excluding ortho intramolecular Hbond substituents is 1. The molecule has 0 unspecified atom stereocenters. The maximum absolute atomic E-state index is 10.3. The van der Waals surface area contributed by atoms with Crippen molar-refractivity contribution in [2.75, 3.05) is 7.05 Å². The molecule has 4 rings (SSSR count). The first-order valence-electron chi connectivity index (χ1n) is 8.67. The summed E-state index contributed by atoms with van der Waals surface area (Å²) in [5.41, 5.74) is 3.81. The van der Waals surface area contributed by atoms with Crippen LogP contribution in [0.4, 0.5) is 0 Å². The second-order valence-electron chi connectivity index (χ2n) is 6.62. The SMILES string of the molecule is CN(Cc1ccco1)Cc1cc(-c2ccnc3cc(Cl)ccc23)ccc1O. The van der Waals surface area contributed by atoms with Crippen LogP contribution < -0.4 is 0 Å². The van der Waals surface area contributed by atoms with Gasteiger partial charge in [0.1, 0.15) is 11.5 Å². The van der Waals surface area contributed by atoms with Crippen LogP contribution in [0.1, 0.15) is 11.3 Å². The van der Waals surface area contributed by atoms with E-state index in [2.05, 4.69) is 9.88 Å². The zero-order chi connectivity index (χ0) is 18.8. The first kappa shape index (κ1) is 17.6. The molecule has 2 aromatic carbocycles. The van der Waals surface area contributed by atoms with Crippen molar-refractivity contribution in [2.45, 2.75) is 13.1 Å². The second kappa shape index (κ2) is 7.43. The smallest absolute Gasteiger partial charge is 0.120 e. The van der Waals surface area contributed by atoms with Crippen molar-refractivity contribution in [3.8, 4) is 16.9 Å². The third-order valence-electron chi connectivity index (χ3n) is 4.54. The van der Waals surface area contributed by atoms with Gasteiger partial charge in [-0.25, -0.2) is 0 Å². The summed E-state index contributed by atoms with van der Waals surface area (Å²) in [6.45, 7) is 1.28. The lowest BCUT2D eigenvalue weighted by Crippen LogP contribution is -2.17. The summed E-state index contributed by atoms with van der Waals surface area (Å²) in [6.07, 6.45) is 3.45. The summed E-state index contributed by atoms with van der Waals surface area (Å²) < 4.78 is 5.40. The lowest BCUT2D eigenvalue weighted by atomic mass is 9.99. The molecule has 0 radical (unpaired) electrons. The second-order valence-corrected chi connectivity index (χ2v) is 7.05. The Hall–Kier alpha value is -2.82. The third-order valence-corrected chi connectivity index (χ3v) is 4.78. The minimum atomic E-state index is 0.284. The van der Waals surface area contributed by atoms with E-state index < -0.39 is 0 Å². The monoisotopic (exact) mass is 378 g/mol. The highest BCUT2D eigenvalue weighted by molar-refractivity contribution is 6.31. The molecule has 0 spiro atoms. The summed E-state index contributed by atoms with van der Waals surface area (Å²) in [7, 11) is 2.00. The number of halogens is 1. The topological polar surface area (TPSA) is 49.5 Å². The quantitative estimate of drug-likeness (QED) is 0.499. The molecular formula is C22H19ClN2O2. The maximum Gasteiger partial charge on any atom is 0.120 e. The van der Waals surface area contributed by atoms with Crippen molar-refractivity contribution in [3.63, 3.8) is 0 Å². The number of nitrogens with zero attached hydrogens (tertiary/aromatic N) is 2. The van der Waals surface area contributed by atoms with Gasteiger partial charge in [-0.1, -0.05) is 23.7 Å². The Morgan fingerprint density at radius 3 is 2.78 bits per heavy atom. The maximum atomic E-state index is 10.3. The van der Waals surface area contributed by atoms with E-state index in [1.807, 2.05) is 55.6 Å². The fourth-order valence-electron chi connectivity index (χ4n) is 3.27. The van der Waals surface area contributed by atoms with Crippen LogP contribution in [0.3, 0.4) is 0 Å². The lowest BCUT2D eigenvalue weighted by molar-refractivity contribution is 0.283. The molecule has 0 saturated heterocycles. The summed E-state index contributed by atoms with van der Waals surface area (Å²) in [5.74, 6) is 1.18. The van der Waals surface area contributed by atoms with Crippen LogP contribution in [0.15, 0.2) is 71.5 Å². The highest BCUT2D eigenvalue weighted by Gasteiger charge is 2.11. The fraction of sp³-hybridized carbons (Fsp3) is 0.136. The minimum Gasteiger partial charge on any atom is -0.508 e. The molecule has 0 aliphatic carbocycles. The summed E-state index contributed by atoms with van der Waals surface area (Å²) in [6, 6.07) is 17.2. The molecule has 136 valence electrons. The normalized spacial score (nSPS) is 11.4. The van der Waals surface area contributed by atoms with Crippen LogP contribution in [0.2, 0.25) is 5.02 Å². The number of benzene rings is 2. The minimum absolute atomic E-state index is 0.284. The molecule has 0 atom stereocenters. The van der Waals surface area contributed by atoms with Crippen LogP contribution in [-0.2, 0) is 13.1 Å². The number of pyridine rings is 1. The average Bonchev–Trinajstić information content (AvgIpc) is 3.15. The molecule has 0 aliphatic rings. The molecule has 4 nitrogen and oxygen atoms in total. The number of fused-ring (bicyclic) bond motifs is 1. The first-order chi connectivity index (χ1) is 13.1. The summed E-state index contributed by atoms with van der Waals surface area (Å²) in [5, 5.41) is 12.0. The first-order valence-corrected chi connectivity index (χ1v) is 9.05. The number of furan rings is 1. The van der Waals surface area contributed by atoms with E-state index in [-0.39, 0.29) is 5.75 Å². The third kappa shape index (κ3) is 3.82. The van der Waals surface area contributed by atoms with Crippen molar-refractivity contribution < 1.29 is 9.52 Å². The number of hydrogen-bond donors (Lipinski definition) is 1. The van der Waals surface area contributed by atoms with Gasteiger partial charge in [-0.05, 0) is 60.6 Å². The number of aromatic nitrogens is 1. The van der Waals surface area contributed by atoms with Crippen molar-refractivity contribution >= 4 is 22.5 Å². The highest BCUT2D eigenvalue weighted by Crippen LogP contribution is 2.32. The Morgan fingerprint density at radius 2 is 1.96 bits per heavy atom. The molecule has 0 bridgehead atoms. The molecular weight excluding hydrogens is 360 g/mol. The van der Waals surface area contributed by atoms with Crippen molar-refractivity contribution in [2.24, 2.45) is 0 Å². The Labute approximate surface area is 162 Å². The van der Waals surface area contributed by atoms with Crippen LogP contribution in [-0.4, -0.2) is 22.0 Å². The average molecular weight is 379 g/mol. The zero-order valence-electron chi connectivity index (χ0n) is 14.9. The van der Waals surface area contributed by atoms with Gasteiger partial charge in [0.25, 0.3) is 0 Å². The molecule has 0 aliphatic heterocycles. The molecule has 0 amide bonds. The number of hydrogen-bond acceptors (Lipinski definition) is 4. The number of aromatic hydroxyl groups is 1. The zero-order valence-corrected chi connectivity index (χ0v) is 15.6. The Morgan fingerprint density at radius 1 is 1.07 bits per heavy atom. The highest BCUT2D eigenvalue weighted by atomic mass is 35.5. The largest absolute Gasteiger partial charge is 0.508 e. The molecule has 2 heterocycles. The summed E-state index contributed by atoms with van der Waals surface area (Å²) >= 11 is 6.09. The van der Waals surface area contributed by atoms with Gasteiger partial charge in [-0.3, -0.25) is 9.88 Å². The Bertz CT molecular complexity index is 1080. The molecule has 2 aromatic heterocycles. The Balaban J connectivity index is 1.66. The summed E-state index contributed by atoms with van der Waals surface area (Å²) in [4.78, 5) is 6.51. The van der Waals surface area contributed by atoms with E-state index >= 15 is 0 Å². The Kier molecular flexibility index (Phi) is 4.84. The molecule has 4 aromatic rings. The predicted octanol–water partition coefficient (Wildman–Crippen LogP) is 5.49. The molecule has 0 fully saturated rings. The van der Waals surface area contributed by atoms with Gasteiger partial charge in [0.15, 0.2) is 0 Å². The van der Waals surface area contributed by atoms with Crippen molar-refractivity contribution in [3.05, 3.63) is 83.4 Å². The van der Waals surface area contributed by atoms with Crippen LogP contribution in [0, 0.1) is 0 Å². The van der Waals surface area contributed by atoms with E-state index in [9.17, 15) is 5.11 Å². The number of phenols is 1. The van der Waals surface area contributed by atoms with Crippen LogP contribution in [0.5, 0.6) is 5.75 Å². The molecule has 5 heteroatoms. The van der Waals surface area contributed by atoms with Gasteiger partial charge in [0.2, 0.25) is 0 Å². The van der Waals surface area contributed by atoms with E-state index in [1.165, 1.54) is 0 Å². The fourth-order valence-corrected chi connectivity index (χ4v) is 3.43. The lowest BCUT2D eigenvalue weighted by Gasteiger charge is -2.17. The van der Waals surface area contributed by atoms with Gasteiger partial charge < -0.3 is 9.52 Å². The molecule has 27 heavy (non-hydrogen) atoms. The molecule has 0 saturated carbocycles. The van der Waals surface area contributed by atoms with Crippen molar-refractivity contribution in [1.82, 2.24) is 9.88 Å². The van der Waals surface area contributed by atoms with Crippen LogP contribution >= 0.6 is 11.6 Å². The van der Waals surface area contributed by atoms with Gasteiger partial charge in [-0.2, -0.15) is 0 Å². The van der Waals surface area contributed by atoms with Gasteiger partial charge in [0.05, 0.1) is 18.3 Å². The van der Waals surface area contributed by atoms with Gasteiger partial charge in [-0.15, -0.1) is 0 Å². The van der Waals surface area contributed by atoms with E-state index in [4.69, 9.17) is 16.0 Å². The van der Waals surface area contributed by atoms with E-state index in [1.54, 1.807) is 18.5 Å². The van der Waals surface area contributed by atoms with Crippen LogP contribution in [0.25, 0.3) is 22.0 Å².